The number of hydrogen-bond donors (Lipinski definition) is 1. The van der Waals surface area contributed by atoms with Gasteiger partial charge in [0.25, 0.3) is 0 Å². The molecular formula is C7H7BrN2O3. The van der Waals surface area contributed by atoms with Gasteiger partial charge in [-0.1, -0.05) is 0 Å². The van der Waals surface area contributed by atoms with Crippen LogP contribution in [0.5, 0.6) is 5.75 Å². The maximum atomic E-state index is 10.6. The molecule has 0 saturated carbocycles. The van der Waals surface area contributed by atoms with E-state index >= 15 is 0 Å². The second-order valence-electron chi connectivity index (χ2n) is 2.28. The average Bonchev–Trinajstić information content (AvgIpc) is 2.07. The first kappa shape index (κ1) is 9.79. The number of rotatable bonds is 2. The maximum absolute atomic E-state index is 10.6. The minimum Gasteiger partial charge on any atom is -0.489 e. The maximum Gasteiger partial charge on any atom is 0.334 e. The van der Waals surface area contributed by atoms with Crippen molar-refractivity contribution in [3.8, 4) is 5.75 Å². The number of nitrogens with two attached hydrogens (primary N) is 1. The van der Waals surface area contributed by atoms with Crippen molar-refractivity contribution in [2.75, 3.05) is 12.8 Å². The van der Waals surface area contributed by atoms with Crippen LogP contribution in [0.25, 0.3) is 0 Å². The quantitative estimate of drug-likeness (QED) is 0.492. The van der Waals surface area contributed by atoms with Crippen molar-refractivity contribution in [3.05, 3.63) is 26.7 Å². The Morgan fingerprint density at radius 2 is 2.23 bits per heavy atom. The van der Waals surface area contributed by atoms with Crippen LogP contribution in [0.1, 0.15) is 0 Å². The molecule has 0 spiro atoms. The molecule has 0 unspecified atom stereocenters. The van der Waals surface area contributed by atoms with Crippen LogP contribution in [0.3, 0.4) is 0 Å². The molecule has 13 heavy (non-hydrogen) atoms. The van der Waals surface area contributed by atoms with Gasteiger partial charge in [0.15, 0.2) is 0 Å². The van der Waals surface area contributed by atoms with Crippen molar-refractivity contribution in [2.45, 2.75) is 0 Å². The molecule has 0 aliphatic carbocycles. The summed E-state index contributed by atoms with van der Waals surface area (Å²) in [6.45, 7) is 0. The number of methoxy groups -OCH3 is 1. The van der Waals surface area contributed by atoms with Crippen molar-refractivity contribution < 1.29 is 9.66 Å². The van der Waals surface area contributed by atoms with E-state index in [2.05, 4.69) is 15.9 Å². The fraction of sp³-hybridized carbons (Fsp3) is 0.143. The third kappa shape index (κ3) is 1.72. The number of nitrogen functional groups attached to an aromatic ring is 1. The molecule has 2 N–H and O–H groups in total. The van der Waals surface area contributed by atoms with Crippen LogP contribution < -0.4 is 10.5 Å². The molecule has 0 aliphatic heterocycles. The summed E-state index contributed by atoms with van der Waals surface area (Å²) < 4.78 is 5.36. The van der Waals surface area contributed by atoms with E-state index in [0.717, 1.165) is 0 Å². The van der Waals surface area contributed by atoms with E-state index < -0.39 is 4.92 Å². The number of nitrogens with zero attached hydrogens (tertiary/aromatic N) is 1. The molecule has 0 bridgehead atoms. The van der Waals surface area contributed by atoms with Gasteiger partial charge in [0.1, 0.15) is 5.69 Å². The van der Waals surface area contributed by atoms with Gasteiger partial charge in [-0.25, -0.2) is 0 Å². The summed E-state index contributed by atoms with van der Waals surface area (Å²) >= 11 is 3.12. The summed E-state index contributed by atoms with van der Waals surface area (Å²) in [6, 6.07) is 3.05. The van der Waals surface area contributed by atoms with Crippen LogP contribution >= 0.6 is 15.9 Å². The highest BCUT2D eigenvalue weighted by atomic mass is 79.9. The van der Waals surface area contributed by atoms with Crippen LogP contribution in [0.4, 0.5) is 11.4 Å². The monoisotopic (exact) mass is 246 g/mol. The van der Waals surface area contributed by atoms with E-state index in [0.29, 0.717) is 4.47 Å². The van der Waals surface area contributed by atoms with Gasteiger partial charge in [0.05, 0.1) is 16.5 Å². The number of halogens is 1. The molecule has 0 atom stereocenters. The van der Waals surface area contributed by atoms with E-state index in [4.69, 9.17) is 10.5 Å². The summed E-state index contributed by atoms with van der Waals surface area (Å²) in [4.78, 5) is 10.0. The van der Waals surface area contributed by atoms with E-state index in [-0.39, 0.29) is 17.1 Å². The smallest absolute Gasteiger partial charge is 0.334 e. The molecule has 70 valence electrons. The number of benzene rings is 1. The SMILES string of the molecule is COc1c(Br)ccc(N)c1[N+](=O)[O-]. The van der Waals surface area contributed by atoms with Gasteiger partial charge in [-0.3, -0.25) is 10.1 Å². The molecule has 0 aromatic heterocycles. The van der Waals surface area contributed by atoms with Gasteiger partial charge in [-0.2, -0.15) is 0 Å². The predicted molar refractivity (Wildman–Crippen MR) is 51.8 cm³/mol. The second-order valence-corrected chi connectivity index (χ2v) is 3.13. The molecular weight excluding hydrogens is 240 g/mol. The Morgan fingerprint density at radius 1 is 1.62 bits per heavy atom. The third-order valence-corrected chi connectivity index (χ3v) is 2.13. The molecule has 0 aliphatic rings. The van der Waals surface area contributed by atoms with Crippen LogP contribution in [-0.2, 0) is 0 Å². The first-order valence-corrected chi connectivity index (χ1v) is 4.13. The molecule has 0 fully saturated rings. The number of ether oxygens (including phenoxy) is 1. The highest BCUT2D eigenvalue weighted by Gasteiger charge is 2.21. The minimum absolute atomic E-state index is 0.0880. The fourth-order valence-electron chi connectivity index (χ4n) is 0.944. The molecule has 6 heteroatoms. The molecule has 1 aromatic carbocycles. The normalized spacial score (nSPS) is 9.69. The summed E-state index contributed by atoms with van der Waals surface area (Å²) in [5.41, 5.74) is 5.30. The van der Waals surface area contributed by atoms with Crippen molar-refractivity contribution in [1.82, 2.24) is 0 Å². The Kier molecular flexibility index (Phi) is 2.72. The van der Waals surface area contributed by atoms with Crippen molar-refractivity contribution >= 4 is 27.3 Å². The van der Waals surface area contributed by atoms with Gasteiger partial charge >= 0.3 is 5.69 Å². The van der Waals surface area contributed by atoms with Crippen LogP contribution in [-0.4, -0.2) is 12.0 Å². The zero-order valence-electron chi connectivity index (χ0n) is 6.78. The topological polar surface area (TPSA) is 78.4 Å². The number of anilines is 1. The average molecular weight is 247 g/mol. The first-order chi connectivity index (χ1) is 6.07. The highest BCUT2D eigenvalue weighted by Crippen LogP contribution is 2.38. The van der Waals surface area contributed by atoms with E-state index in [1.807, 2.05) is 0 Å². The van der Waals surface area contributed by atoms with Crippen molar-refractivity contribution in [2.24, 2.45) is 0 Å². The van der Waals surface area contributed by atoms with Gasteiger partial charge in [-0.15, -0.1) is 0 Å². The lowest BCUT2D eigenvalue weighted by atomic mass is 10.2. The van der Waals surface area contributed by atoms with Gasteiger partial charge in [-0.05, 0) is 28.1 Å². The standard InChI is InChI=1S/C7H7BrN2O3/c1-13-7-4(8)2-3-5(9)6(7)10(11)12/h2-3H,9H2,1H3. The van der Waals surface area contributed by atoms with Gasteiger partial charge < -0.3 is 10.5 Å². The van der Waals surface area contributed by atoms with Crippen molar-refractivity contribution in [3.63, 3.8) is 0 Å². The molecule has 1 rings (SSSR count). The largest absolute Gasteiger partial charge is 0.489 e. The zero-order valence-corrected chi connectivity index (χ0v) is 8.37. The minimum atomic E-state index is -0.571. The summed E-state index contributed by atoms with van der Waals surface area (Å²) in [7, 11) is 1.35. The Balaban J connectivity index is 3.43. The lowest BCUT2D eigenvalue weighted by Crippen LogP contribution is -1.99. The summed E-state index contributed by atoms with van der Waals surface area (Å²) in [6.07, 6.45) is 0. The Bertz CT molecular complexity index is 354. The van der Waals surface area contributed by atoms with E-state index in [1.54, 1.807) is 6.07 Å². The molecule has 1 aromatic rings. The number of nitro groups is 1. The molecule has 0 saturated heterocycles. The Labute approximate surface area is 82.8 Å². The number of hydrogen-bond acceptors (Lipinski definition) is 4. The third-order valence-electron chi connectivity index (χ3n) is 1.50. The first-order valence-electron chi connectivity index (χ1n) is 3.34. The Hall–Kier alpha value is -1.30. The lowest BCUT2D eigenvalue weighted by molar-refractivity contribution is -0.384. The van der Waals surface area contributed by atoms with Crippen LogP contribution in [0.15, 0.2) is 16.6 Å². The van der Waals surface area contributed by atoms with E-state index in [9.17, 15) is 10.1 Å². The van der Waals surface area contributed by atoms with Crippen LogP contribution in [0, 0.1) is 10.1 Å². The fourth-order valence-corrected chi connectivity index (χ4v) is 1.43. The summed E-state index contributed by atoms with van der Waals surface area (Å²) in [5, 5.41) is 10.6. The van der Waals surface area contributed by atoms with Crippen LogP contribution in [0.2, 0.25) is 0 Å². The van der Waals surface area contributed by atoms with Gasteiger partial charge in [0.2, 0.25) is 5.75 Å². The van der Waals surface area contributed by atoms with Crippen molar-refractivity contribution in [1.29, 1.82) is 0 Å². The zero-order chi connectivity index (χ0) is 10.0. The predicted octanol–water partition coefficient (Wildman–Crippen LogP) is 1.95. The van der Waals surface area contributed by atoms with E-state index in [1.165, 1.54) is 13.2 Å². The highest BCUT2D eigenvalue weighted by molar-refractivity contribution is 9.10. The molecule has 5 nitrogen and oxygen atoms in total. The lowest BCUT2D eigenvalue weighted by Gasteiger charge is -2.05. The second kappa shape index (κ2) is 3.61. The summed E-state index contributed by atoms with van der Waals surface area (Å²) in [5.74, 6) is 0.144. The number of nitro benzene ring substituents is 1. The molecule has 0 heterocycles. The molecule has 0 amide bonds. The molecule has 0 radical (unpaired) electrons. The van der Waals surface area contributed by atoms with Gasteiger partial charge in [0, 0.05) is 0 Å². The Morgan fingerprint density at radius 3 is 2.62 bits per heavy atom.